The molecule has 0 N–H and O–H groups in total. The van der Waals surface area contributed by atoms with Gasteiger partial charge in [-0.3, -0.25) is 4.79 Å². The van der Waals surface area contributed by atoms with E-state index in [1.165, 1.54) is 38.9 Å². The van der Waals surface area contributed by atoms with Gasteiger partial charge >= 0.3 is 10.1 Å². The van der Waals surface area contributed by atoms with Gasteiger partial charge in [-0.25, -0.2) is 0 Å². The van der Waals surface area contributed by atoms with Crippen LogP contribution >= 0.6 is 0 Å². The molecule has 6 nitrogen and oxygen atoms in total. The van der Waals surface area contributed by atoms with Gasteiger partial charge in [0.05, 0.1) is 12.9 Å². The molecule has 188 valence electrons. The molecule has 0 aromatic heterocycles. The van der Waals surface area contributed by atoms with Crippen LogP contribution in [-0.4, -0.2) is 38.1 Å². The number of benzene rings is 2. The van der Waals surface area contributed by atoms with Gasteiger partial charge in [0.2, 0.25) is 0 Å². The van der Waals surface area contributed by atoms with Crippen LogP contribution in [0.25, 0.3) is 0 Å². The number of methoxy groups -OCH3 is 1. The van der Waals surface area contributed by atoms with Gasteiger partial charge in [0.25, 0.3) is 5.91 Å². The van der Waals surface area contributed by atoms with Crippen LogP contribution in [0.5, 0.6) is 11.5 Å². The highest BCUT2D eigenvalue weighted by atomic mass is 32.2. The Labute approximate surface area is 205 Å². The summed E-state index contributed by atoms with van der Waals surface area (Å²) in [6.45, 7) is 8.12. The number of carbonyl (C=O) groups is 1. The smallest absolute Gasteiger partial charge is 0.309 e. The average molecular weight is 490 g/mol. The van der Waals surface area contributed by atoms with Crippen LogP contribution in [-0.2, 0) is 23.1 Å². The van der Waals surface area contributed by atoms with Crippen molar-refractivity contribution < 1.29 is 22.1 Å². The quantitative estimate of drug-likeness (QED) is 0.241. The van der Waals surface area contributed by atoms with Crippen molar-refractivity contribution in [3.05, 3.63) is 59.2 Å². The summed E-state index contributed by atoms with van der Waals surface area (Å²) in [4.78, 5) is 15.2. The number of hydrogen-bond acceptors (Lipinski definition) is 5. The van der Waals surface area contributed by atoms with Gasteiger partial charge in [0, 0.05) is 18.2 Å². The predicted molar refractivity (Wildman–Crippen MR) is 137 cm³/mol. The van der Waals surface area contributed by atoms with Crippen molar-refractivity contribution in [1.82, 2.24) is 4.90 Å². The SMILES string of the molecule is CCCCCCc1ccc(C(=O)N(Cc2ccc(OC)c(OS(=O)(=O)CC)c2)C(C)CC)cc1. The van der Waals surface area contributed by atoms with Gasteiger partial charge in [-0.05, 0) is 68.5 Å². The maximum absolute atomic E-state index is 13.4. The molecule has 0 aliphatic heterocycles. The minimum absolute atomic E-state index is 0.00654. The lowest BCUT2D eigenvalue weighted by Gasteiger charge is -2.29. The van der Waals surface area contributed by atoms with Crippen molar-refractivity contribution in [2.75, 3.05) is 12.9 Å². The number of amides is 1. The molecule has 0 aliphatic rings. The molecule has 2 rings (SSSR count). The molecule has 7 heteroatoms. The molecule has 1 unspecified atom stereocenters. The number of ether oxygens (including phenoxy) is 1. The van der Waals surface area contributed by atoms with Crippen LogP contribution in [0.1, 0.15) is 81.3 Å². The van der Waals surface area contributed by atoms with E-state index in [9.17, 15) is 13.2 Å². The fourth-order valence-electron chi connectivity index (χ4n) is 3.66. The molecule has 0 radical (unpaired) electrons. The molecular weight excluding hydrogens is 450 g/mol. The first kappa shape index (κ1) is 27.7. The van der Waals surface area contributed by atoms with Crippen molar-refractivity contribution in [2.45, 2.75) is 78.8 Å². The summed E-state index contributed by atoms with van der Waals surface area (Å²) >= 11 is 0. The highest BCUT2D eigenvalue weighted by Gasteiger charge is 2.22. The monoisotopic (exact) mass is 489 g/mol. The molecule has 0 fully saturated rings. The van der Waals surface area contributed by atoms with Gasteiger partial charge in [-0.15, -0.1) is 0 Å². The van der Waals surface area contributed by atoms with E-state index in [2.05, 4.69) is 6.92 Å². The van der Waals surface area contributed by atoms with Gasteiger partial charge < -0.3 is 13.8 Å². The van der Waals surface area contributed by atoms with Crippen LogP contribution in [0.2, 0.25) is 0 Å². The fourth-order valence-corrected chi connectivity index (χ4v) is 4.18. The van der Waals surface area contributed by atoms with E-state index in [1.54, 1.807) is 12.1 Å². The van der Waals surface area contributed by atoms with E-state index in [4.69, 9.17) is 8.92 Å². The van der Waals surface area contributed by atoms with Crippen molar-refractivity contribution in [3.8, 4) is 11.5 Å². The number of rotatable bonds is 14. The van der Waals surface area contributed by atoms with Crippen molar-refractivity contribution in [2.24, 2.45) is 0 Å². The van der Waals surface area contributed by atoms with Crippen LogP contribution in [0.4, 0.5) is 0 Å². The summed E-state index contributed by atoms with van der Waals surface area (Å²) in [5.74, 6) is 0.265. The molecule has 1 atom stereocenters. The normalized spacial score (nSPS) is 12.3. The van der Waals surface area contributed by atoms with Crippen LogP contribution in [0.3, 0.4) is 0 Å². The first-order chi connectivity index (χ1) is 16.2. The van der Waals surface area contributed by atoms with E-state index < -0.39 is 10.1 Å². The Morgan fingerprint density at radius 2 is 1.62 bits per heavy atom. The highest BCUT2D eigenvalue weighted by molar-refractivity contribution is 7.87. The molecule has 0 spiro atoms. The standard InChI is InChI=1S/C27H39NO5S/c1-6-9-10-11-12-22-13-16-24(17-14-22)27(29)28(21(4)7-2)20-23-15-18-25(32-5)26(19-23)33-34(30,31)8-3/h13-19,21H,6-12,20H2,1-5H3. The second-order valence-electron chi connectivity index (χ2n) is 8.61. The van der Waals surface area contributed by atoms with Crippen LogP contribution in [0, 0.1) is 0 Å². The molecule has 1 amide bonds. The molecule has 2 aromatic rings. The van der Waals surface area contributed by atoms with Gasteiger partial charge in [-0.2, -0.15) is 8.42 Å². The van der Waals surface area contributed by atoms with E-state index >= 15 is 0 Å². The van der Waals surface area contributed by atoms with Crippen molar-refractivity contribution in [3.63, 3.8) is 0 Å². The maximum atomic E-state index is 13.4. The van der Waals surface area contributed by atoms with Gasteiger partial charge in [0.15, 0.2) is 11.5 Å². The Bertz CT molecular complexity index is 1020. The minimum Gasteiger partial charge on any atom is -0.493 e. The Morgan fingerprint density at radius 3 is 2.21 bits per heavy atom. The third kappa shape index (κ3) is 8.05. The molecule has 0 saturated carbocycles. The molecule has 0 heterocycles. The van der Waals surface area contributed by atoms with E-state index in [1.807, 2.05) is 49.1 Å². The fraction of sp³-hybridized carbons (Fsp3) is 0.519. The zero-order chi connectivity index (χ0) is 25.1. The molecule has 0 aliphatic carbocycles. The summed E-state index contributed by atoms with van der Waals surface area (Å²) in [6.07, 6.45) is 6.68. The lowest BCUT2D eigenvalue weighted by molar-refractivity contribution is 0.0671. The zero-order valence-corrected chi connectivity index (χ0v) is 22.0. The minimum atomic E-state index is -3.71. The second-order valence-corrected chi connectivity index (χ2v) is 10.5. The topological polar surface area (TPSA) is 72.9 Å². The molecule has 34 heavy (non-hydrogen) atoms. The largest absolute Gasteiger partial charge is 0.493 e. The number of aryl methyl sites for hydroxylation is 1. The van der Waals surface area contributed by atoms with Crippen molar-refractivity contribution >= 4 is 16.0 Å². The number of carbonyl (C=O) groups excluding carboxylic acids is 1. The lowest BCUT2D eigenvalue weighted by atomic mass is 10.0. The summed E-state index contributed by atoms with van der Waals surface area (Å²) in [5, 5.41) is 0. The highest BCUT2D eigenvalue weighted by Crippen LogP contribution is 2.30. The first-order valence-corrected chi connectivity index (χ1v) is 13.8. The second kappa shape index (κ2) is 13.4. The van der Waals surface area contributed by atoms with Gasteiger partial charge in [-0.1, -0.05) is 51.3 Å². The van der Waals surface area contributed by atoms with E-state index in [0.29, 0.717) is 17.9 Å². The van der Waals surface area contributed by atoms with Crippen molar-refractivity contribution in [1.29, 1.82) is 0 Å². The summed E-state index contributed by atoms with van der Waals surface area (Å²) in [7, 11) is -2.24. The van der Waals surface area contributed by atoms with E-state index in [0.717, 1.165) is 24.8 Å². The summed E-state index contributed by atoms with van der Waals surface area (Å²) in [5.41, 5.74) is 2.66. The first-order valence-electron chi connectivity index (χ1n) is 12.2. The summed E-state index contributed by atoms with van der Waals surface area (Å²) < 4.78 is 34.5. The summed E-state index contributed by atoms with van der Waals surface area (Å²) in [6, 6.07) is 13.0. The number of unbranched alkanes of at least 4 members (excludes halogenated alkanes) is 3. The Balaban J connectivity index is 2.22. The molecule has 0 bridgehead atoms. The Morgan fingerprint density at radius 1 is 0.941 bits per heavy atom. The van der Waals surface area contributed by atoms with E-state index in [-0.39, 0.29) is 23.5 Å². The third-order valence-electron chi connectivity index (χ3n) is 6.05. The molecule has 2 aromatic carbocycles. The third-order valence-corrected chi connectivity index (χ3v) is 7.20. The lowest BCUT2D eigenvalue weighted by Crippen LogP contribution is -2.37. The Hall–Kier alpha value is -2.54. The molecule has 0 saturated heterocycles. The van der Waals surface area contributed by atoms with Gasteiger partial charge in [0.1, 0.15) is 0 Å². The zero-order valence-electron chi connectivity index (χ0n) is 21.2. The van der Waals surface area contributed by atoms with Crippen LogP contribution < -0.4 is 8.92 Å². The maximum Gasteiger partial charge on any atom is 0.309 e. The van der Waals surface area contributed by atoms with Crippen LogP contribution in [0.15, 0.2) is 42.5 Å². The average Bonchev–Trinajstić information content (AvgIpc) is 2.84. The molecular formula is C27H39NO5S. The Kier molecular flexibility index (Phi) is 10.9. The number of hydrogen-bond donors (Lipinski definition) is 0. The predicted octanol–water partition coefficient (Wildman–Crippen LogP) is 5.99. The number of nitrogens with zero attached hydrogens (tertiary/aromatic N) is 1.